The Morgan fingerprint density at radius 3 is 2.52 bits per heavy atom. The first-order chi connectivity index (χ1) is 12.3. The first-order valence-electron chi connectivity index (χ1n) is 9.54. The maximum Gasteiger partial charge on any atom is 0.132 e. The fourth-order valence-electron chi connectivity index (χ4n) is 3.95. The Morgan fingerprint density at radius 2 is 1.76 bits per heavy atom. The molecule has 4 rings (SSSR count). The van der Waals surface area contributed by atoms with Gasteiger partial charge in [-0.3, -0.25) is 0 Å². The number of aromatic nitrogens is 2. The van der Waals surface area contributed by atoms with E-state index in [1.54, 1.807) is 0 Å². The Labute approximate surface area is 154 Å². The Balaban J connectivity index is 1.63. The van der Waals surface area contributed by atoms with Crippen molar-refractivity contribution in [2.24, 2.45) is 0 Å². The molecule has 1 aromatic carbocycles. The van der Waals surface area contributed by atoms with Crippen LogP contribution in [0.1, 0.15) is 66.4 Å². The van der Waals surface area contributed by atoms with Gasteiger partial charge in [0.15, 0.2) is 0 Å². The van der Waals surface area contributed by atoms with Gasteiger partial charge < -0.3 is 5.11 Å². The van der Waals surface area contributed by atoms with Crippen molar-refractivity contribution in [1.82, 2.24) is 9.97 Å². The van der Waals surface area contributed by atoms with E-state index in [-0.39, 0.29) is 6.61 Å². The highest BCUT2D eigenvalue weighted by Gasteiger charge is 2.24. The maximum absolute atomic E-state index is 9.07. The number of hydrogen-bond acceptors (Lipinski definition) is 4. The van der Waals surface area contributed by atoms with Gasteiger partial charge in [0.2, 0.25) is 0 Å². The molecule has 2 aliphatic rings. The molecule has 1 aromatic heterocycles. The summed E-state index contributed by atoms with van der Waals surface area (Å²) in [5.41, 5.74) is 5.01. The first-order valence-corrected chi connectivity index (χ1v) is 10.5. The van der Waals surface area contributed by atoms with Crippen LogP contribution in [0.4, 0.5) is 0 Å². The third-order valence-electron chi connectivity index (χ3n) is 5.34. The SMILES string of the molecule is OCCc1ccc(Cc2nc(C3CCCC3)nc3c2SCCC3)cc1. The predicted molar refractivity (Wildman–Crippen MR) is 102 cm³/mol. The number of rotatable bonds is 5. The summed E-state index contributed by atoms with van der Waals surface area (Å²) >= 11 is 1.94. The van der Waals surface area contributed by atoms with E-state index in [4.69, 9.17) is 15.1 Å². The molecular formula is C21H26N2OS. The molecule has 0 amide bonds. The predicted octanol–water partition coefficient (Wildman–Crippen LogP) is 4.30. The Morgan fingerprint density at radius 1 is 1.00 bits per heavy atom. The zero-order valence-electron chi connectivity index (χ0n) is 14.7. The molecule has 1 N–H and O–H groups in total. The van der Waals surface area contributed by atoms with Gasteiger partial charge in [0.1, 0.15) is 5.82 Å². The van der Waals surface area contributed by atoms with Gasteiger partial charge in [0, 0.05) is 18.9 Å². The number of aryl methyl sites for hydroxylation is 1. The lowest BCUT2D eigenvalue weighted by Crippen LogP contribution is -2.13. The molecule has 0 atom stereocenters. The van der Waals surface area contributed by atoms with Crippen molar-refractivity contribution in [2.75, 3.05) is 12.4 Å². The molecule has 0 spiro atoms. The summed E-state index contributed by atoms with van der Waals surface area (Å²) in [5.74, 6) is 2.86. The minimum Gasteiger partial charge on any atom is -0.396 e. The number of aliphatic hydroxyl groups is 1. The van der Waals surface area contributed by atoms with Crippen molar-refractivity contribution in [3.8, 4) is 0 Å². The molecule has 1 fully saturated rings. The fraction of sp³-hybridized carbons (Fsp3) is 0.524. The highest BCUT2D eigenvalue weighted by molar-refractivity contribution is 7.99. The second-order valence-electron chi connectivity index (χ2n) is 7.20. The minimum atomic E-state index is 0.208. The van der Waals surface area contributed by atoms with E-state index in [0.717, 1.165) is 25.1 Å². The lowest BCUT2D eigenvalue weighted by Gasteiger charge is -2.20. The monoisotopic (exact) mass is 354 g/mol. The van der Waals surface area contributed by atoms with Gasteiger partial charge in [-0.25, -0.2) is 9.97 Å². The number of aliphatic hydroxyl groups excluding tert-OH is 1. The molecule has 1 saturated carbocycles. The normalized spacial score (nSPS) is 17.6. The molecule has 25 heavy (non-hydrogen) atoms. The number of fused-ring (bicyclic) bond motifs is 1. The van der Waals surface area contributed by atoms with E-state index in [0.29, 0.717) is 5.92 Å². The lowest BCUT2D eigenvalue weighted by molar-refractivity contribution is 0.299. The van der Waals surface area contributed by atoms with Crippen molar-refractivity contribution >= 4 is 11.8 Å². The van der Waals surface area contributed by atoms with E-state index >= 15 is 0 Å². The van der Waals surface area contributed by atoms with Crippen LogP contribution >= 0.6 is 11.8 Å². The van der Waals surface area contributed by atoms with Gasteiger partial charge in [-0.1, -0.05) is 37.1 Å². The molecule has 3 nitrogen and oxygen atoms in total. The Kier molecular flexibility index (Phi) is 5.37. The summed E-state index contributed by atoms with van der Waals surface area (Å²) < 4.78 is 0. The summed E-state index contributed by atoms with van der Waals surface area (Å²) in [4.78, 5) is 11.4. The van der Waals surface area contributed by atoms with Crippen LogP contribution < -0.4 is 0 Å². The lowest BCUT2D eigenvalue weighted by atomic mass is 10.0. The summed E-state index contributed by atoms with van der Waals surface area (Å²) in [5, 5.41) is 9.07. The fourth-order valence-corrected chi connectivity index (χ4v) is 5.04. The highest BCUT2D eigenvalue weighted by atomic mass is 32.2. The highest BCUT2D eigenvalue weighted by Crippen LogP contribution is 2.37. The van der Waals surface area contributed by atoms with Gasteiger partial charge in [-0.05, 0) is 49.0 Å². The van der Waals surface area contributed by atoms with Crippen molar-refractivity contribution in [2.45, 2.75) is 62.2 Å². The van der Waals surface area contributed by atoms with E-state index in [2.05, 4.69) is 24.3 Å². The topological polar surface area (TPSA) is 46.0 Å². The molecule has 132 valence electrons. The average molecular weight is 355 g/mol. The Hall–Kier alpha value is -1.39. The first kappa shape index (κ1) is 17.0. The Bertz CT molecular complexity index is 723. The molecule has 0 radical (unpaired) electrons. The van der Waals surface area contributed by atoms with Crippen LogP contribution in [-0.2, 0) is 19.3 Å². The molecule has 0 bridgehead atoms. The van der Waals surface area contributed by atoms with Crippen molar-refractivity contribution in [1.29, 1.82) is 0 Å². The van der Waals surface area contributed by atoms with Crippen LogP contribution in [0.3, 0.4) is 0 Å². The molecule has 1 aliphatic heterocycles. The summed E-state index contributed by atoms with van der Waals surface area (Å²) in [7, 11) is 0. The van der Waals surface area contributed by atoms with Gasteiger partial charge in [-0.2, -0.15) is 0 Å². The van der Waals surface area contributed by atoms with E-state index in [9.17, 15) is 0 Å². The van der Waals surface area contributed by atoms with E-state index in [1.807, 2.05) is 11.8 Å². The molecule has 4 heteroatoms. The standard InChI is InChI=1S/C21H26N2OS/c24-12-11-15-7-9-16(10-8-15)14-19-20-18(6-3-13-25-20)22-21(23-19)17-4-1-2-5-17/h7-10,17,24H,1-6,11-14H2. The molecule has 0 unspecified atom stereocenters. The minimum absolute atomic E-state index is 0.208. The average Bonchev–Trinajstić information content (AvgIpc) is 3.18. The van der Waals surface area contributed by atoms with Crippen molar-refractivity contribution in [3.63, 3.8) is 0 Å². The molecule has 2 heterocycles. The number of thioether (sulfide) groups is 1. The smallest absolute Gasteiger partial charge is 0.132 e. The van der Waals surface area contributed by atoms with E-state index in [1.165, 1.54) is 65.3 Å². The number of hydrogen-bond donors (Lipinski definition) is 1. The second kappa shape index (κ2) is 7.88. The quantitative estimate of drug-likeness (QED) is 0.870. The largest absolute Gasteiger partial charge is 0.396 e. The maximum atomic E-state index is 9.07. The van der Waals surface area contributed by atoms with Crippen LogP contribution in [0.15, 0.2) is 29.2 Å². The third-order valence-corrected chi connectivity index (χ3v) is 6.60. The summed E-state index contributed by atoms with van der Waals surface area (Å²) in [6.45, 7) is 0.208. The molecule has 1 aliphatic carbocycles. The summed E-state index contributed by atoms with van der Waals surface area (Å²) in [6, 6.07) is 8.62. The number of benzene rings is 1. The van der Waals surface area contributed by atoms with Gasteiger partial charge in [0.05, 0.1) is 16.3 Å². The van der Waals surface area contributed by atoms with Gasteiger partial charge in [0.25, 0.3) is 0 Å². The van der Waals surface area contributed by atoms with Gasteiger partial charge in [-0.15, -0.1) is 11.8 Å². The zero-order chi connectivity index (χ0) is 17.1. The van der Waals surface area contributed by atoms with Crippen molar-refractivity contribution in [3.05, 3.63) is 52.6 Å². The molecule has 0 saturated heterocycles. The second-order valence-corrected chi connectivity index (χ2v) is 8.31. The van der Waals surface area contributed by atoms with Crippen LogP contribution in [0.25, 0.3) is 0 Å². The zero-order valence-corrected chi connectivity index (χ0v) is 15.5. The van der Waals surface area contributed by atoms with Crippen molar-refractivity contribution < 1.29 is 5.11 Å². The van der Waals surface area contributed by atoms with Crippen LogP contribution in [0.2, 0.25) is 0 Å². The molecule has 2 aromatic rings. The summed E-state index contributed by atoms with van der Waals surface area (Å²) in [6.07, 6.45) is 9.09. The van der Waals surface area contributed by atoms with Crippen LogP contribution in [-0.4, -0.2) is 27.4 Å². The number of nitrogens with zero attached hydrogens (tertiary/aromatic N) is 2. The van der Waals surface area contributed by atoms with Gasteiger partial charge >= 0.3 is 0 Å². The van der Waals surface area contributed by atoms with Crippen LogP contribution in [0.5, 0.6) is 0 Å². The molecular weight excluding hydrogens is 328 g/mol. The van der Waals surface area contributed by atoms with Crippen LogP contribution in [0, 0.1) is 0 Å². The van der Waals surface area contributed by atoms with E-state index < -0.39 is 0 Å². The third kappa shape index (κ3) is 3.90.